The van der Waals surface area contributed by atoms with E-state index in [-0.39, 0.29) is 0 Å². The second-order valence-electron chi connectivity index (χ2n) is 2.73. The largest absolute Gasteiger partial charge is 0.337 e. The maximum absolute atomic E-state index is 5.15. The Kier molecular flexibility index (Phi) is 3.08. The second kappa shape index (κ2) is 4.16. The molecule has 0 fully saturated rings. The van der Waals surface area contributed by atoms with Gasteiger partial charge in [-0.2, -0.15) is 0 Å². The number of benzene rings is 1. The molecule has 0 unspecified atom stereocenters. The molecule has 1 N–H and O–H groups in total. The Morgan fingerprint density at radius 1 is 1.43 bits per heavy atom. The van der Waals surface area contributed by atoms with E-state index in [2.05, 4.69) is 49.6 Å². The van der Waals surface area contributed by atoms with Gasteiger partial charge in [0.05, 0.1) is 5.69 Å². The molecule has 0 atom stereocenters. The Bertz CT molecular complexity index is 518. The van der Waals surface area contributed by atoms with Crippen LogP contribution in [0.3, 0.4) is 0 Å². The van der Waals surface area contributed by atoms with E-state index < -0.39 is 0 Å². The van der Waals surface area contributed by atoms with Crippen LogP contribution in [0.5, 0.6) is 0 Å². The number of hydrogen-bond acceptors (Lipinski definition) is 1. The van der Waals surface area contributed by atoms with E-state index in [0.717, 1.165) is 10.2 Å². The smallest absolute Gasteiger partial charge is 0.181 e. The monoisotopic (exact) mass is 380 g/mol. The van der Waals surface area contributed by atoms with Gasteiger partial charge in [-0.25, -0.2) is 0 Å². The molecule has 0 saturated carbocycles. The first-order valence-corrected chi connectivity index (χ1v) is 6.18. The van der Waals surface area contributed by atoms with Crippen molar-refractivity contribution < 1.29 is 0 Å². The summed E-state index contributed by atoms with van der Waals surface area (Å²) in [7, 11) is 0. The lowest BCUT2D eigenvalue weighted by Crippen LogP contribution is -1.93. The van der Waals surface area contributed by atoms with Gasteiger partial charge in [0, 0.05) is 20.4 Å². The molecule has 2 aromatic rings. The zero-order chi connectivity index (χ0) is 10.1. The van der Waals surface area contributed by atoms with Crippen LogP contribution in [0.2, 0.25) is 0 Å². The number of H-pyrrole nitrogens is 1. The summed E-state index contributed by atoms with van der Waals surface area (Å²) in [6, 6.07) is 6.14. The van der Waals surface area contributed by atoms with Crippen molar-refractivity contribution in [2.45, 2.75) is 0 Å². The minimum absolute atomic E-state index is 0.702. The standard InChI is InChI=1S/C9H6BrIN2S/c10-7-2-1-6(11)5-8(7)13-4-3-12-9(13)14/h1-5H,(H,12,14). The molecule has 2 rings (SSSR count). The summed E-state index contributed by atoms with van der Waals surface area (Å²) < 4.78 is 4.85. The van der Waals surface area contributed by atoms with Crippen molar-refractivity contribution in [2.75, 3.05) is 0 Å². The average Bonchev–Trinajstić information content (AvgIpc) is 2.56. The maximum atomic E-state index is 5.15. The Morgan fingerprint density at radius 3 is 2.86 bits per heavy atom. The molecule has 0 saturated heterocycles. The minimum Gasteiger partial charge on any atom is -0.337 e. The summed E-state index contributed by atoms with van der Waals surface area (Å²) in [5, 5.41) is 0. The topological polar surface area (TPSA) is 20.7 Å². The third-order valence-corrected chi connectivity index (χ3v) is 3.47. The van der Waals surface area contributed by atoms with Gasteiger partial charge in [-0.3, -0.25) is 4.57 Å². The summed E-state index contributed by atoms with van der Waals surface area (Å²) in [6.45, 7) is 0. The molecule has 0 spiro atoms. The third kappa shape index (κ3) is 1.94. The summed E-state index contributed by atoms with van der Waals surface area (Å²) >= 11 is 10.9. The highest BCUT2D eigenvalue weighted by atomic mass is 127. The molecule has 0 aliphatic rings. The Labute approximate surface area is 109 Å². The van der Waals surface area contributed by atoms with Gasteiger partial charge >= 0.3 is 0 Å². The van der Waals surface area contributed by atoms with E-state index in [0.29, 0.717) is 4.77 Å². The minimum atomic E-state index is 0.702. The van der Waals surface area contributed by atoms with Crippen LogP contribution >= 0.6 is 50.7 Å². The molecule has 0 radical (unpaired) electrons. The molecule has 0 aliphatic heterocycles. The molecular formula is C9H6BrIN2S. The number of halogens is 2. The molecule has 1 heterocycles. The predicted molar refractivity (Wildman–Crippen MR) is 71.4 cm³/mol. The molecule has 1 aromatic carbocycles. The molecule has 0 aliphatic carbocycles. The van der Waals surface area contributed by atoms with E-state index in [1.807, 2.05) is 29.1 Å². The normalized spacial score (nSPS) is 10.4. The number of aromatic nitrogens is 2. The zero-order valence-corrected chi connectivity index (χ0v) is 11.6. The summed E-state index contributed by atoms with van der Waals surface area (Å²) in [5.41, 5.74) is 1.06. The SMILES string of the molecule is S=c1[nH]ccn1-c1cc(I)ccc1Br. The van der Waals surface area contributed by atoms with E-state index in [9.17, 15) is 0 Å². The first-order chi connectivity index (χ1) is 6.68. The van der Waals surface area contributed by atoms with Crippen molar-refractivity contribution in [3.05, 3.63) is 43.4 Å². The Morgan fingerprint density at radius 2 is 2.21 bits per heavy atom. The van der Waals surface area contributed by atoms with Crippen LogP contribution in [0.4, 0.5) is 0 Å². The van der Waals surface area contributed by atoms with Crippen LogP contribution in [0.25, 0.3) is 5.69 Å². The van der Waals surface area contributed by atoms with Gasteiger partial charge in [0.1, 0.15) is 0 Å². The molecule has 14 heavy (non-hydrogen) atoms. The van der Waals surface area contributed by atoms with Crippen molar-refractivity contribution in [3.63, 3.8) is 0 Å². The Balaban J connectivity index is 2.68. The molecule has 1 aromatic heterocycles. The van der Waals surface area contributed by atoms with Gasteiger partial charge in [0.25, 0.3) is 0 Å². The van der Waals surface area contributed by atoms with E-state index in [1.54, 1.807) is 0 Å². The van der Waals surface area contributed by atoms with Gasteiger partial charge in [0.15, 0.2) is 4.77 Å². The molecule has 72 valence electrons. The van der Waals surface area contributed by atoms with Gasteiger partial charge in [-0.05, 0) is 68.9 Å². The lowest BCUT2D eigenvalue weighted by molar-refractivity contribution is 1.02. The van der Waals surface area contributed by atoms with E-state index in [1.165, 1.54) is 3.57 Å². The van der Waals surface area contributed by atoms with Crippen molar-refractivity contribution in [2.24, 2.45) is 0 Å². The van der Waals surface area contributed by atoms with Gasteiger partial charge in [0.2, 0.25) is 0 Å². The van der Waals surface area contributed by atoms with Gasteiger partial charge in [-0.1, -0.05) is 0 Å². The third-order valence-electron chi connectivity index (χ3n) is 1.82. The Hall–Kier alpha value is -0.140. The summed E-state index contributed by atoms with van der Waals surface area (Å²) in [4.78, 5) is 2.97. The number of imidazole rings is 1. The molecule has 0 amide bonds. The van der Waals surface area contributed by atoms with Crippen molar-refractivity contribution >= 4 is 50.7 Å². The van der Waals surface area contributed by atoms with Crippen LogP contribution < -0.4 is 0 Å². The molecule has 5 heteroatoms. The fraction of sp³-hybridized carbons (Fsp3) is 0. The van der Waals surface area contributed by atoms with E-state index >= 15 is 0 Å². The highest BCUT2D eigenvalue weighted by Gasteiger charge is 2.03. The second-order valence-corrected chi connectivity index (χ2v) is 5.22. The fourth-order valence-corrected chi connectivity index (χ4v) is 2.32. The lowest BCUT2D eigenvalue weighted by Gasteiger charge is -2.05. The number of nitrogens with one attached hydrogen (secondary N) is 1. The first-order valence-electron chi connectivity index (χ1n) is 3.90. The van der Waals surface area contributed by atoms with Crippen LogP contribution in [0, 0.1) is 8.34 Å². The van der Waals surface area contributed by atoms with Crippen LogP contribution in [-0.2, 0) is 0 Å². The quantitative estimate of drug-likeness (QED) is 0.587. The van der Waals surface area contributed by atoms with E-state index in [4.69, 9.17) is 12.2 Å². The number of nitrogens with zero attached hydrogens (tertiary/aromatic N) is 1. The van der Waals surface area contributed by atoms with Crippen LogP contribution in [0.15, 0.2) is 35.1 Å². The number of hydrogen-bond donors (Lipinski definition) is 1. The van der Waals surface area contributed by atoms with Crippen molar-refractivity contribution in [3.8, 4) is 5.69 Å². The van der Waals surface area contributed by atoms with Crippen LogP contribution in [0.1, 0.15) is 0 Å². The highest BCUT2D eigenvalue weighted by molar-refractivity contribution is 14.1. The highest BCUT2D eigenvalue weighted by Crippen LogP contribution is 2.23. The predicted octanol–water partition coefficient (Wildman–Crippen LogP) is 3.90. The number of aromatic amines is 1. The van der Waals surface area contributed by atoms with Crippen molar-refractivity contribution in [1.29, 1.82) is 0 Å². The molecule has 0 bridgehead atoms. The van der Waals surface area contributed by atoms with Crippen LogP contribution in [-0.4, -0.2) is 9.55 Å². The fourth-order valence-electron chi connectivity index (χ4n) is 1.18. The summed E-state index contributed by atoms with van der Waals surface area (Å²) in [5.74, 6) is 0. The lowest BCUT2D eigenvalue weighted by atomic mass is 10.3. The maximum Gasteiger partial charge on any atom is 0.181 e. The van der Waals surface area contributed by atoms with Crippen molar-refractivity contribution in [1.82, 2.24) is 9.55 Å². The molecule has 2 nitrogen and oxygen atoms in total. The zero-order valence-electron chi connectivity index (χ0n) is 7.00. The number of rotatable bonds is 1. The summed E-state index contributed by atoms with van der Waals surface area (Å²) in [6.07, 6.45) is 3.74. The average molecular weight is 381 g/mol. The van der Waals surface area contributed by atoms with Gasteiger partial charge in [-0.15, -0.1) is 0 Å². The van der Waals surface area contributed by atoms with Gasteiger partial charge < -0.3 is 4.98 Å². The first kappa shape index (κ1) is 10.4. The molecular weight excluding hydrogens is 375 g/mol.